The highest BCUT2D eigenvalue weighted by Gasteiger charge is 2.08. The van der Waals surface area contributed by atoms with E-state index >= 15 is 0 Å². The average Bonchev–Trinajstić information content (AvgIpc) is 2.60. The molecule has 2 aromatic carbocycles. The molecule has 0 aromatic heterocycles. The third-order valence-corrected chi connectivity index (χ3v) is 3.89. The first-order chi connectivity index (χ1) is 12.0. The van der Waals surface area contributed by atoms with Crippen LogP contribution in [0.2, 0.25) is 0 Å². The molecule has 0 atom stereocenters. The predicted octanol–water partition coefficient (Wildman–Crippen LogP) is 3.28. The summed E-state index contributed by atoms with van der Waals surface area (Å²) in [5, 5.41) is 2.87. The van der Waals surface area contributed by atoms with Crippen LogP contribution in [0, 0.1) is 6.92 Å². The lowest BCUT2D eigenvalue weighted by Crippen LogP contribution is -2.38. The lowest BCUT2D eigenvalue weighted by atomic mass is 10.2. The number of urea groups is 1. The highest BCUT2D eigenvalue weighted by atomic mass is 16.5. The summed E-state index contributed by atoms with van der Waals surface area (Å²) in [6.07, 6.45) is 0. The fraction of sp³-hybridized carbons (Fsp3) is 0.350. The van der Waals surface area contributed by atoms with Gasteiger partial charge in [0.2, 0.25) is 0 Å². The van der Waals surface area contributed by atoms with Crippen molar-refractivity contribution < 1.29 is 9.53 Å². The van der Waals surface area contributed by atoms with Gasteiger partial charge >= 0.3 is 6.03 Å². The van der Waals surface area contributed by atoms with Crippen LogP contribution in [0.25, 0.3) is 0 Å². The minimum atomic E-state index is -0.107. The van der Waals surface area contributed by atoms with Crippen LogP contribution >= 0.6 is 0 Å². The maximum atomic E-state index is 12.1. The molecule has 2 aromatic rings. The zero-order valence-electron chi connectivity index (χ0n) is 15.5. The number of rotatable bonds is 7. The van der Waals surface area contributed by atoms with Crippen molar-refractivity contribution >= 4 is 11.7 Å². The molecule has 134 valence electrons. The van der Waals surface area contributed by atoms with Gasteiger partial charge < -0.3 is 19.9 Å². The summed E-state index contributed by atoms with van der Waals surface area (Å²) in [5.74, 6) is 0.814. The van der Waals surface area contributed by atoms with Crippen LogP contribution in [0.5, 0.6) is 5.75 Å². The van der Waals surface area contributed by atoms with Crippen LogP contribution in [0.4, 0.5) is 10.5 Å². The molecule has 0 aliphatic heterocycles. The molecule has 2 rings (SSSR count). The Morgan fingerprint density at radius 1 is 1.00 bits per heavy atom. The molecule has 0 fully saturated rings. The van der Waals surface area contributed by atoms with Gasteiger partial charge in [0.1, 0.15) is 12.4 Å². The van der Waals surface area contributed by atoms with Crippen molar-refractivity contribution in [2.75, 3.05) is 39.2 Å². The number of anilines is 1. The minimum absolute atomic E-state index is 0.107. The van der Waals surface area contributed by atoms with E-state index in [-0.39, 0.29) is 6.03 Å². The number of aryl methyl sites for hydroxylation is 1. The van der Waals surface area contributed by atoms with Gasteiger partial charge in [0.05, 0.1) is 6.54 Å². The Kier molecular flexibility index (Phi) is 6.69. The zero-order chi connectivity index (χ0) is 18.2. The first-order valence-corrected chi connectivity index (χ1v) is 8.40. The van der Waals surface area contributed by atoms with Crippen molar-refractivity contribution in [1.29, 1.82) is 0 Å². The molecule has 0 aliphatic carbocycles. The third kappa shape index (κ3) is 6.03. The summed E-state index contributed by atoms with van der Waals surface area (Å²) in [6, 6.07) is 15.9. The second-order valence-electron chi connectivity index (χ2n) is 6.31. The van der Waals surface area contributed by atoms with Crippen LogP contribution < -0.4 is 15.0 Å². The molecular weight excluding hydrogens is 314 g/mol. The van der Waals surface area contributed by atoms with Crippen molar-refractivity contribution in [1.82, 2.24) is 10.2 Å². The van der Waals surface area contributed by atoms with Gasteiger partial charge in [-0.1, -0.05) is 29.8 Å². The van der Waals surface area contributed by atoms with Crippen LogP contribution in [0.1, 0.15) is 11.1 Å². The van der Waals surface area contributed by atoms with Crippen molar-refractivity contribution in [3.63, 3.8) is 0 Å². The van der Waals surface area contributed by atoms with E-state index in [4.69, 9.17) is 4.74 Å². The Bertz CT molecular complexity index is 666. The SMILES string of the molecule is Cc1ccc(OCCNC(=O)N(C)Cc2ccc(N(C)C)cc2)cc1. The van der Waals surface area contributed by atoms with E-state index in [1.807, 2.05) is 62.3 Å². The van der Waals surface area contributed by atoms with E-state index in [1.165, 1.54) is 5.56 Å². The Balaban J connectivity index is 1.71. The van der Waals surface area contributed by atoms with Gasteiger partial charge in [0.15, 0.2) is 0 Å². The molecule has 5 nitrogen and oxygen atoms in total. The minimum Gasteiger partial charge on any atom is -0.492 e. The van der Waals surface area contributed by atoms with Gasteiger partial charge in [-0.25, -0.2) is 4.79 Å². The Labute approximate surface area is 150 Å². The Morgan fingerprint density at radius 3 is 2.24 bits per heavy atom. The highest BCUT2D eigenvalue weighted by Crippen LogP contribution is 2.13. The molecule has 5 heteroatoms. The van der Waals surface area contributed by atoms with Crippen molar-refractivity contribution in [2.45, 2.75) is 13.5 Å². The Hall–Kier alpha value is -2.69. The number of nitrogens with zero attached hydrogens (tertiary/aromatic N) is 2. The average molecular weight is 341 g/mol. The number of hydrogen-bond donors (Lipinski definition) is 1. The van der Waals surface area contributed by atoms with Crippen LogP contribution in [-0.4, -0.2) is 45.2 Å². The summed E-state index contributed by atoms with van der Waals surface area (Å²) in [6.45, 7) is 3.52. The molecule has 0 bridgehead atoms. The fourth-order valence-electron chi connectivity index (χ4n) is 2.34. The van der Waals surface area contributed by atoms with E-state index in [2.05, 4.69) is 17.4 Å². The summed E-state index contributed by atoms with van der Waals surface area (Å²) in [5.41, 5.74) is 3.43. The molecule has 25 heavy (non-hydrogen) atoms. The monoisotopic (exact) mass is 341 g/mol. The summed E-state index contributed by atoms with van der Waals surface area (Å²) in [7, 11) is 5.80. The maximum absolute atomic E-state index is 12.1. The number of carbonyl (C=O) groups is 1. The van der Waals surface area contributed by atoms with E-state index in [0.29, 0.717) is 19.7 Å². The normalized spacial score (nSPS) is 10.2. The van der Waals surface area contributed by atoms with Gasteiger partial charge in [-0.15, -0.1) is 0 Å². The Morgan fingerprint density at radius 2 is 1.64 bits per heavy atom. The van der Waals surface area contributed by atoms with Crippen LogP contribution in [-0.2, 0) is 6.54 Å². The van der Waals surface area contributed by atoms with Gasteiger partial charge in [0.25, 0.3) is 0 Å². The maximum Gasteiger partial charge on any atom is 0.317 e. The van der Waals surface area contributed by atoms with Gasteiger partial charge in [-0.05, 0) is 36.8 Å². The van der Waals surface area contributed by atoms with E-state index in [0.717, 1.165) is 17.0 Å². The number of nitrogens with one attached hydrogen (secondary N) is 1. The van der Waals surface area contributed by atoms with E-state index < -0.39 is 0 Å². The first kappa shape index (κ1) is 18.6. The van der Waals surface area contributed by atoms with Gasteiger partial charge in [-0.3, -0.25) is 0 Å². The van der Waals surface area contributed by atoms with Crippen molar-refractivity contribution in [3.8, 4) is 5.75 Å². The topological polar surface area (TPSA) is 44.8 Å². The second kappa shape index (κ2) is 8.97. The van der Waals surface area contributed by atoms with Crippen LogP contribution in [0.3, 0.4) is 0 Å². The lowest BCUT2D eigenvalue weighted by Gasteiger charge is -2.19. The van der Waals surface area contributed by atoms with E-state index in [1.54, 1.807) is 11.9 Å². The summed E-state index contributed by atoms with van der Waals surface area (Å²) in [4.78, 5) is 15.8. The first-order valence-electron chi connectivity index (χ1n) is 8.40. The van der Waals surface area contributed by atoms with Crippen LogP contribution in [0.15, 0.2) is 48.5 Å². The molecule has 0 saturated carbocycles. The van der Waals surface area contributed by atoms with E-state index in [9.17, 15) is 4.79 Å². The lowest BCUT2D eigenvalue weighted by molar-refractivity contribution is 0.203. The number of amides is 2. The fourth-order valence-corrected chi connectivity index (χ4v) is 2.34. The number of benzene rings is 2. The number of hydrogen-bond acceptors (Lipinski definition) is 3. The smallest absolute Gasteiger partial charge is 0.317 e. The highest BCUT2D eigenvalue weighted by molar-refractivity contribution is 5.73. The second-order valence-corrected chi connectivity index (χ2v) is 6.31. The standard InChI is InChI=1S/C20H27N3O2/c1-16-5-11-19(12-6-16)25-14-13-21-20(24)23(4)15-17-7-9-18(10-8-17)22(2)3/h5-12H,13-15H2,1-4H3,(H,21,24). The molecular formula is C20H27N3O2. The largest absolute Gasteiger partial charge is 0.492 e. The number of carbonyl (C=O) groups excluding carboxylic acids is 1. The molecule has 2 amide bonds. The third-order valence-electron chi connectivity index (χ3n) is 3.89. The molecule has 0 aliphatic rings. The molecule has 0 radical (unpaired) electrons. The number of ether oxygens (including phenoxy) is 1. The van der Waals surface area contributed by atoms with Crippen molar-refractivity contribution in [2.24, 2.45) is 0 Å². The molecule has 1 N–H and O–H groups in total. The molecule has 0 unspecified atom stereocenters. The predicted molar refractivity (Wildman–Crippen MR) is 102 cm³/mol. The molecule has 0 spiro atoms. The summed E-state index contributed by atoms with van der Waals surface area (Å²) >= 11 is 0. The quantitative estimate of drug-likeness (QED) is 0.786. The van der Waals surface area contributed by atoms with Gasteiger partial charge in [0, 0.05) is 33.4 Å². The van der Waals surface area contributed by atoms with Crippen molar-refractivity contribution in [3.05, 3.63) is 59.7 Å². The zero-order valence-corrected chi connectivity index (χ0v) is 15.5. The molecule has 0 saturated heterocycles. The molecule has 0 heterocycles. The summed E-state index contributed by atoms with van der Waals surface area (Å²) < 4.78 is 5.61. The van der Waals surface area contributed by atoms with Gasteiger partial charge in [-0.2, -0.15) is 0 Å².